The van der Waals surface area contributed by atoms with Crippen molar-refractivity contribution in [1.29, 1.82) is 5.26 Å². The number of fused-ring (bicyclic) bond motifs is 1. The van der Waals surface area contributed by atoms with Crippen LogP contribution in [0.5, 0.6) is 0 Å². The SMILES string of the molecule is CCOC(=O)/C=C/c1c(S(C)=O)c(C#N)c2c(C)cc(C)cn12. The summed E-state index contributed by atoms with van der Waals surface area (Å²) in [5.41, 5.74) is 3.59. The molecule has 0 spiro atoms. The summed E-state index contributed by atoms with van der Waals surface area (Å²) in [5, 5.41) is 9.52. The number of aromatic nitrogens is 1. The third-order valence-electron chi connectivity index (χ3n) is 3.41. The highest BCUT2D eigenvalue weighted by atomic mass is 32.2. The van der Waals surface area contributed by atoms with Gasteiger partial charge in [-0.15, -0.1) is 0 Å². The Morgan fingerprint density at radius 2 is 2.17 bits per heavy atom. The first kappa shape index (κ1) is 17.0. The number of carbonyl (C=O) groups excluding carboxylic acids is 1. The minimum absolute atomic E-state index is 0.284. The van der Waals surface area contributed by atoms with Gasteiger partial charge in [0.25, 0.3) is 0 Å². The first-order chi connectivity index (χ1) is 10.9. The lowest BCUT2D eigenvalue weighted by Gasteiger charge is -2.04. The summed E-state index contributed by atoms with van der Waals surface area (Å²) in [4.78, 5) is 12.0. The Hall–Kier alpha value is -2.39. The summed E-state index contributed by atoms with van der Waals surface area (Å²) < 4.78 is 18.9. The van der Waals surface area contributed by atoms with Crippen LogP contribution in [0.4, 0.5) is 0 Å². The predicted molar refractivity (Wildman–Crippen MR) is 89.6 cm³/mol. The van der Waals surface area contributed by atoms with Crippen molar-refractivity contribution in [2.45, 2.75) is 25.7 Å². The number of hydrogen-bond acceptors (Lipinski definition) is 4. The van der Waals surface area contributed by atoms with Crippen molar-refractivity contribution in [3.8, 4) is 6.07 Å². The predicted octanol–water partition coefficient (Wildman–Crippen LogP) is 2.74. The molecule has 2 rings (SSSR count). The molecular formula is C17H18N2O3S. The highest BCUT2D eigenvalue weighted by Crippen LogP contribution is 2.30. The van der Waals surface area contributed by atoms with Crippen LogP contribution < -0.4 is 0 Å². The smallest absolute Gasteiger partial charge is 0.330 e. The van der Waals surface area contributed by atoms with Crippen LogP contribution >= 0.6 is 0 Å². The number of pyridine rings is 1. The molecule has 2 heterocycles. The maximum Gasteiger partial charge on any atom is 0.330 e. The van der Waals surface area contributed by atoms with Crippen molar-refractivity contribution < 1.29 is 13.7 Å². The molecule has 5 nitrogen and oxygen atoms in total. The molecule has 0 bridgehead atoms. The first-order valence-electron chi connectivity index (χ1n) is 7.14. The molecule has 0 aliphatic rings. The van der Waals surface area contributed by atoms with Crippen LogP contribution in [0.15, 0.2) is 23.2 Å². The van der Waals surface area contributed by atoms with Gasteiger partial charge in [0.15, 0.2) is 0 Å². The normalized spacial score (nSPS) is 12.5. The summed E-state index contributed by atoms with van der Waals surface area (Å²) in [6.07, 6.45) is 6.24. The quantitative estimate of drug-likeness (QED) is 0.638. The van der Waals surface area contributed by atoms with Crippen molar-refractivity contribution >= 4 is 28.4 Å². The fourth-order valence-electron chi connectivity index (χ4n) is 2.65. The van der Waals surface area contributed by atoms with Gasteiger partial charge in [-0.05, 0) is 38.0 Å². The molecule has 0 amide bonds. The van der Waals surface area contributed by atoms with Gasteiger partial charge in [0.1, 0.15) is 6.07 Å². The molecule has 0 N–H and O–H groups in total. The summed E-state index contributed by atoms with van der Waals surface area (Å²) >= 11 is 0. The second-order valence-electron chi connectivity index (χ2n) is 5.16. The van der Waals surface area contributed by atoms with Gasteiger partial charge in [0, 0.05) is 18.5 Å². The molecule has 1 unspecified atom stereocenters. The number of nitrogens with zero attached hydrogens (tertiary/aromatic N) is 2. The van der Waals surface area contributed by atoms with E-state index < -0.39 is 16.8 Å². The van der Waals surface area contributed by atoms with Crippen molar-refractivity contribution in [3.63, 3.8) is 0 Å². The van der Waals surface area contributed by atoms with Crippen molar-refractivity contribution in [2.75, 3.05) is 12.9 Å². The summed E-state index contributed by atoms with van der Waals surface area (Å²) in [7, 11) is -1.36. The monoisotopic (exact) mass is 330 g/mol. The van der Waals surface area contributed by atoms with E-state index in [1.807, 2.05) is 30.5 Å². The molecule has 0 radical (unpaired) electrons. The zero-order valence-corrected chi connectivity index (χ0v) is 14.4. The number of hydrogen-bond donors (Lipinski definition) is 0. The molecule has 0 aromatic carbocycles. The number of aryl methyl sites for hydroxylation is 2. The van der Waals surface area contributed by atoms with Crippen molar-refractivity contribution in [3.05, 3.63) is 40.7 Å². The zero-order valence-electron chi connectivity index (χ0n) is 13.5. The van der Waals surface area contributed by atoms with Gasteiger partial charge in [-0.25, -0.2) is 4.79 Å². The second kappa shape index (κ2) is 6.80. The van der Waals surface area contributed by atoms with E-state index in [0.717, 1.165) is 11.1 Å². The van der Waals surface area contributed by atoms with Crippen LogP contribution in [-0.4, -0.2) is 27.4 Å². The Morgan fingerprint density at radius 1 is 1.48 bits per heavy atom. The van der Waals surface area contributed by atoms with E-state index in [1.165, 1.54) is 12.3 Å². The molecule has 2 aromatic heterocycles. The number of carbonyl (C=O) groups is 1. The molecule has 6 heteroatoms. The average Bonchev–Trinajstić information content (AvgIpc) is 2.79. The van der Waals surface area contributed by atoms with E-state index in [9.17, 15) is 14.3 Å². The van der Waals surface area contributed by atoms with Gasteiger partial charge in [-0.2, -0.15) is 5.26 Å². The molecule has 0 saturated carbocycles. The van der Waals surface area contributed by atoms with E-state index in [-0.39, 0.29) is 6.61 Å². The fourth-order valence-corrected chi connectivity index (χ4v) is 3.54. The van der Waals surface area contributed by atoms with Crippen LogP contribution in [-0.2, 0) is 20.3 Å². The van der Waals surface area contributed by atoms with Gasteiger partial charge >= 0.3 is 5.97 Å². The topological polar surface area (TPSA) is 71.6 Å². The Kier molecular flexibility index (Phi) is 5.02. The number of nitriles is 1. The average molecular weight is 330 g/mol. The lowest BCUT2D eigenvalue weighted by atomic mass is 10.1. The Balaban J connectivity index is 2.81. The zero-order chi connectivity index (χ0) is 17.1. The summed E-state index contributed by atoms with van der Waals surface area (Å²) in [5.74, 6) is -0.474. The molecule has 0 aliphatic heterocycles. The molecule has 120 valence electrons. The van der Waals surface area contributed by atoms with Crippen LogP contribution in [0, 0.1) is 25.2 Å². The highest BCUT2D eigenvalue weighted by molar-refractivity contribution is 7.84. The van der Waals surface area contributed by atoms with Crippen molar-refractivity contribution in [2.24, 2.45) is 0 Å². The molecule has 2 aromatic rings. The second-order valence-corrected chi connectivity index (χ2v) is 6.48. The lowest BCUT2D eigenvalue weighted by molar-refractivity contribution is -0.137. The van der Waals surface area contributed by atoms with Gasteiger partial charge in [-0.1, -0.05) is 6.07 Å². The van der Waals surface area contributed by atoms with Gasteiger partial charge in [0.2, 0.25) is 0 Å². The molecule has 1 atom stereocenters. The molecule has 0 saturated heterocycles. The van der Waals surface area contributed by atoms with Crippen LogP contribution in [0.1, 0.15) is 29.3 Å². The minimum Gasteiger partial charge on any atom is -0.463 e. The standard InChI is InChI=1S/C17H18N2O3S/c1-5-22-15(20)7-6-14-17(23(4)21)13(9-18)16-12(3)8-11(2)10-19(14)16/h6-8,10H,5H2,1-4H3/b7-6+. The van der Waals surface area contributed by atoms with Crippen LogP contribution in [0.25, 0.3) is 11.6 Å². The maximum atomic E-state index is 12.2. The molecule has 23 heavy (non-hydrogen) atoms. The van der Waals surface area contributed by atoms with E-state index >= 15 is 0 Å². The van der Waals surface area contributed by atoms with E-state index in [2.05, 4.69) is 6.07 Å². The molecule has 0 fully saturated rings. The Bertz CT molecular complexity index is 872. The third-order valence-corrected chi connectivity index (χ3v) is 4.40. The minimum atomic E-state index is -1.36. The van der Waals surface area contributed by atoms with Gasteiger partial charge < -0.3 is 9.14 Å². The van der Waals surface area contributed by atoms with E-state index in [0.29, 0.717) is 21.7 Å². The number of ether oxygens (including phenoxy) is 1. The largest absolute Gasteiger partial charge is 0.463 e. The maximum absolute atomic E-state index is 12.2. The highest BCUT2D eigenvalue weighted by Gasteiger charge is 2.21. The number of esters is 1. The van der Waals surface area contributed by atoms with E-state index in [4.69, 9.17) is 4.74 Å². The third kappa shape index (κ3) is 3.20. The van der Waals surface area contributed by atoms with Gasteiger partial charge in [-0.3, -0.25) is 4.21 Å². The molecular weight excluding hydrogens is 312 g/mol. The number of rotatable bonds is 4. The van der Waals surface area contributed by atoms with Crippen LogP contribution in [0.2, 0.25) is 0 Å². The summed E-state index contributed by atoms with van der Waals surface area (Å²) in [6, 6.07) is 4.12. The van der Waals surface area contributed by atoms with Gasteiger partial charge in [0.05, 0.1) is 39.1 Å². The van der Waals surface area contributed by atoms with Crippen LogP contribution in [0.3, 0.4) is 0 Å². The van der Waals surface area contributed by atoms with E-state index in [1.54, 1.807) is 13.0 Å². The molecule has 0 aliphatic carbocycles. The van der Waals surface area contributed by atoms with Crippen molar-refractivity contribution in [1.82, 2.24) is 4.40 Å². The Morgan fingerprint density at radius 3 is 2.74 bits per heavy atom. The lowest BCUT2D eigenvalue weighted by Crippen LogP contribution is -2.00. The first-order valence-corrected chi connectivity index (χ1v) is 8.70. The Labute approximate surface area is 137 Å². The fraction of sp³-hybridized carbons (Fsp3) is 0.294. The summed E-state index contributed by atoms with van der Waals surface area (Å²) in [6.45, 7) is 5.86.